The normalized spacial score (nSPS) is 13.3. The van der Waals surface area contributed by atoms with Crippen LogP contribution in [0.25, 0.3) is 5.69 Å². The van der Waals surface area contributed by atoms with Gasteiger partial charge in [0.2, 0.25) is 0 Å². The minimum absolute atomic E-state index is 0.209. The maximum atomic E-state index is 12.8. The molecule has 1 aromatic heterocycles. The van der Waals surface area contributed by atoms with Crippen molar-refractivity contribution in [2.75, 3.05) is 17.2 Å². The maximum Gasteiger partial charge on any atom is 0.324 e. The number of anilines is 2. The number of carbonyl (C=O) groups excluding carboxylic acids is 1. The molecule has 2 heterocycles. The fourth-order valence-electron chi connectivity index (χ4n) is 3.44. The van der Waals surface area contributed by atoms with Crippen LogP contribution in [0.3, 0.4) is 0 Å². The Morgan fingerprint density at radius 2 is 1.94 bits per heavy atom. The van der Waals surface area contributed by atoms with Gasteiger partial charge in [-0.15, -0.1) is 0 Å². The molecule has 0 atom stereocenters. The van der Waals surface area contributed by atoms with Gasteiger partial charge in [0.05, 0.1) is 27.1 Å². The van der Waals surface area contributed by atoms with Gasteiger partial charge in [-0.2, -0.15) is 5.10 Å². The molecule has 1 aliphatic rings. The Morgan fingerprint density at radius 1 is 1.16 bits per heavy atom. The Balaban J connectivity index is 1.69. The summed E-state index contributed by atoms with van der Waals surface area (Å²) in [6.07, 6.45) is 0.913. The SMILES string of the molecule is CC(C)(C)c1cc(NC(=O)Nc2cccc(Cl)c2Cl)n(-c2ccc3c(c2)C(=S)NCC3)n1. The number of hydrogen-bond donors (Lipinski definition) is 3. The highest BCUT2D eigenvalue weighted by atomic mass is 35.5. The van der Waals surface area contributed by atoms with Crippen molar-refractivity contribution in [3.05, 3.63) is 69.3 Å². The van der Waals surface area contributed by atoms with Crippen LogP contribution < -0.4 is 16.0 Å². The molecule has 0 saturated heterocycles. The number of nitrogens with one attached hydrogen (secondary N) is 3. The van der Waals surface area contributed by atoms with E-state index in [9.17, 15) is 4.79 Å². The summed E-state index contributed by atoms with van der Waals surface area (Å²) in [7, 11) is 0. The molecule has 3 aromatic rings. The highest BCUT2D eigenvalue weighted by Crippen LogP contribution is 2.31. The Bertz CT molecular complexity index is 1220. The number of benzene rings is 2. The minimum Gasteiger partial charge on any atom is -0.375 e. The molecule has 4 rings (SSSR count). The Kier molecular flexibility index (Phi) is 6.16. The third-order valence-electron chi connectivity index (χ3n) is 5.18. The van der Waals surface area contributed by atoms with E-state index in [0.29, 0.717) is 16.5 Å². The van der Waals surface area contributed by atoms with E-state index in [2.05, 4.69) is 42.8 Å². The van der Waals surface area contributed by atoms with Crippen LogP contribution in [0.4, 0.5) is 16.3 Å². The van der Waals surface area contributed by atoms with Crippen LogP contribution in [0.15, 0.2) is 42.5 Å². The molecule has 0 fully saturated rings. The number of aromatic nitrogens is 2. The van der Waals surface area contributed by atoms with Crippen molar-refractivity contribution in [2.24, 2.45) is 0 Å². The predicted octanol–water partition coefficient (Wildman–Crippen LogP) is 5.94. The number of hydrogen-bond acceptors (Lipinski definition) is 3. The largest absolute Gasteiger partial charge is 0.375 e. The van der Waals surface area contributed by atoms with Crippen molar-refractivity contribution >= 4 is 57.9 Å². The van der Waals surface area contributed by atoms with E-state index in [1.165, 1.54) is 5.56 Å². The number of fused-ring (bicyclic) bond motifs is 1. The van der Waals surface area contributed by atoms with Crippen molar-refractivity contribution in [1.29, 1.82) is 0 Å². The van der Waals surface area contributed by atoms with E-state index < -0.39 is 6.03 Å². The number of amides is 2. The van der Waals surface area contributed by atoms with E-state index in [1.807, 2.05) is 18.2 Å². The second-order valence-electron chi connectivity index (χ2n) is 8.60. The number of urea groups is 1. The second kappa shape index (κ2) is 8.73. The van der Waals surface area contributed by atoms with Crippen LogP contribution in [0.1, 0.15) is 37.6 Å². The van der Waals surface area contributed by atoms with Crippen molar-refractivity contribution in [1.82, 2.24) is 15.1 Å². The Hall–Kier alpha value is -2.61. The predicted molar refractivity (Wildman–Crippen MR) is 135 cm³/mol. The van der Waals surface area contributed by atoms with Crippen molar-refractivity contribution < 1.29 is 4.79 Å². The third-order valence-corrected chi connectivity index (χ3v) is 6.36. The van der Waals surface area contributed by atoms with Crippen LogP contribution in [0, 0.1) is 0 Å². The molecule has 9 heteroatoms. The molecular formula is C23H23Cl2N5OS. The molecule has 166 valence electrons. The fourth-order valence-corrected chi connectivity index (χ4v) is 4.08. The average Bonchev–Trinajstić information content (AvgIpc) is 3.16. The molecule has 0 bridgehead atoms. The third kappa shape index (κ3) is 4.60. The number of rotatable bonds is 3. The smallest absolute Gasteiger partial charge is 0.324 e. The summed E-state index contributed by atoms with van der Waals surface area (Å²) in [5.74, 6) is 0.528. The number of carbonyl (C=O) groups is 1. The molecule has 6 nitrogen and oxygen atoms in total. The molecule has 0 radical (unpaired) electrons. The van der Waals surface area contributed by atoms with Crippen LogP contribution >= 0.6 is 35.4 Å². The minimum atomic E-state index is -0.453. The van der Waals surface area contributed by atoms with E-state index in [1.54, 1.807) is 22.9 Å². The molecule has 0 unspecified atom stereocenters. The van der Waals surface area contributed by atoms with Crippen LogP contribution in [0.5, 0.6) is 0 Å². The highest BCUT2D eigenvalue weighted by molar-refractivity contribution is 7.80. The van der Waals surface area contributed by atoms with Crippen LogP contribution in [-0.4, -0.2) is 27.3 Å². The van der Waals surface area contributed by atoms with E-state index >= 15 is 0 Å². The number of nitrogens with zero attached hydrogens (tertiary/aromatic N) is 2. The Morgan fingerprint density at radius 3 is 2.69 bits per heavy atom. The zero-order valence-corrected chi connectivity index (χ0v) is 20.3. The lowest BCUT2D eigenvalue weighted by molar-refractivity contribution is 0.262. The first-order valence-corrected chi connectivity index (χ1v) is 11.3. The van der Waals surface area contributed by atoms with Gasteiger partial charge in [-0.3, -0.25) is 5.32 Å². The van der Waals surface area contributed by atoms with E-state index in [-0.39, 0.29) is 10.4 Å². The van der Waals surface area contributed by atoms with Gasteiger partial charge in [0.1, 0.15) is 10.8 Å². The first-order chi connectivity index (χ1) is 15.1. The summed E-state index contributed by atoms with van der Waals surface area (Å²) in [6.45, 7) is 7.05. The monoisotopic (exact) mass is 487 g/mol. The zero-order valence-electron chi connectivity index (χ0n) is 17.9. The van der Waals surface area contributed by atoms with E-state index in [0.717, 1.165) is 34.9 Å². The molecule has 32 heavy (non-hydrogen) atoms. The first-order valence-electron chi connectivity index (χ1n) is 10.2. The molecule has 3 N–H and O–H groups in total. The first kappa shape index (κ1) is 22.6. The molecule has 0 aliphatic carbocycles. The lowest BCUT2D eigenvalue weighted by Gasteiger charge is -2.20. The van der Waals surface area contributed by atoms with Crippen LogP contribution in [-0.2, 0) is 11.8 Å². The molecular weight excluding hydrogens is 465 g/mol. The summed E-state index contributed by atoms with van der Waals surface area (Å²) < 4.78 is 1.72. The van der Waals surface area contributed by atoms with Gasteiger partial charge >= 0.3 is 6.03 Å². The van der Waals surface area contributed by atoms with Gasteiger partial charge in [-0.1, -0.05) is 68.3 Å². The average molecular weight is 488 g/mol. The fraction of sp³-hybridized carbons (Fsp3) is 0.261. The molecule has 0 saturated carbocycles. The quantitative estimate of drug-likeness (QED) is 0.399. The molecule has 1 aliphatic heterocycles. The summed E-state index contributed by atoms with van der Waals surface area (Å²) in [4.78, 5) is 13.5. The van der Waals surface area contributed by atoms with E-state index in [4.69, 9.17) is 40.5 Å². The van der Waals surface area contributed by atoms with Gasteiger partial charge in [0, 0.05) is 23.6 Å². The highest BCUT2D eigenvalue weighted by Gasteiger charge is 2.23. The number of halogens is 2. The van der Waals surface area contributed by atoms with Crippen molar-refractivity contribution in [3.63, 3.8) is 0 Å². The maximum absolute atomic E-state index is 12.8. The lowest BCUT2D eigenvalue weighted by atomic mass is 9.92. The van der Waals surface area contributed by atoms with Gasteiger partial charge < -0.3 is 10.6 Å². The Labute approximate surface area is 202 Å². The van der Waals surface area contributed by atoms with Gasteiger partial charge in [-0.25, -0.2) is 9.48 Å². The molecule has 2 amide bonds. The summed E-state index contributed by atoms with van der Waals surface area (Å²) >= 11 is 17.7. The standard InChI is InChI=1S/C23H23Cl2N5OS/c1-23(2,3)18-12-19(28-22(31)27-17-6-4-5-16(24)20(17)25)30(29-18)14-8-7-13-9-10-26-21(32)15(13)11-14/h4-8,11-12H,9-10H2,1-3H3,(H,26,32)(H2,27,28,31). The molecule has 0 spiro atoms. The summed E-state index contributed by atoms with van der Waals surface area (Å²) in [6, 6.07) is 12.5. The second-order valence-corrected chi connectivity index (χ2v) is 9.80. The summed E-state index contributed by atoms with van der Waals surface area (Å²) in [5.41, 5.74) is 4.04. The zero-order chi connectivity index (χ0) is 23.0. The van der Waals surface area contributed by atoms with Crippen LogP contribution in [0.2, 0.25) is 10.0 Å². The van der Waals surface area contributed by atoms with Crippen molar-refractivity contribution in [3.8, 4) is 5.69 Å². The topological polar surface area (TPSA) is 71.0 Å². The summed E-state index contributed by atoms with van der Waals surface area (Å²) in [5, 5.41) is 14.3. The van der Waals surface area contributed by atoms with Crippen molar-refractivity contribution in [2.45, 2.75) is 32.6 Å². The van der Waals surface area contributed by atoms with Gasteiger partial charge in [0.25, 0.3) is 0 Å². The number of thiocarbonyl (C=S) groups is 1. The van der Waals surface area contributed by atoms with Gasteiger partial charge in [0.15, 0.2) is 0 Å². The van der Waals surface area contributed by atoms with Gasteiger partial charge in [-0.05, 0) is 36.2 Å². The molecule has 2 aromatic carbocycles. The lowest BCUT2D eigenvalue weighted by Crippen LogP contribution is -2.31.